The van der Waals surface area contributed by atoms with Crippen molar-refractivity contribution < 1.29 is 9.53 Å². The number of fused-ring (bicyclic) bond motifs is 2. The summed E-state index contributed by atoms with van der Waals surface area (Å²) in [7, 11) is 1.94. The number of nitrogen functional groups attached to an aromatic ring is 1. The maximum atomic E-state index is 12.8. The van der Waals surface area contributed by atoms with Gasteiger partial charge >= 0.3 is 0 Å². The topological polar surface area (TPSA) is 70.1 Å². The number of aromatic nitrogens is 2. The molecule has 136 valence electrons. The molecule has 2 aromatic carbocycles. The zero-order valence-electron chi connectivity index (χ0n) is 15.2. The molecule has 0 radical (unpaired) electrons. The van der Waals surface area contributed by atoms with Crippen molar-refractivity contribution in [3.05, 3.63) is 83.9 Å². The molecule has 0 bridgehead atoms. The van der Waals surface area contributed by atoms with Gasteiger partial charge in [0.2, 0.25) is 5.78 Å². The summed E-state index contributed by atoms with van der Waals surface area (Å²) in [5.41, 5.74) is 10.7. The molecule has 5 heteroatoms. The van der Waals surface area contributed by atoms with Gasteiger partial charge in [-0.2, -0.15) is 0 Å². The summed E-state index contributed by atoms with van der Waals surface area (Å²) in [5, 5.41) is 0.982. The fourth-order valence-electron chi connectivity index (χ4n) is 3.65. The van der Waals surface area contributed by atoms with E-state index in [0.717, 1.165) is 27.7 Å². The maximum absolute atomic E-state index is 12.8. The zero-order valence-corrected chi connectivity index (χ0v) is 15.2. The van der Waals surface area contributed by atoms with Crippen LogP contribution in [0.2, 0.25) is 0 Å². The lowest BCUT2D eigenvalue weighted by molar-refractivity contribution is 0.101. The highest BCUT2D eigenvalue weighted by Gasteiger charge is 2.28. The molecule has 0 atom stereocenters. The summed E-state index contributed by atoms with van der Waals surface area (Å²) in [4.78, 5) is 17.3. The van der Waals surface area contributed by atoms with E-state index in [9.17, 15) is 4.79 Å². The third kappa shape index (κ3) is 2.48. The van der Waals surface area contributed by atoms with E-state index in [0.29, 0.717) is 17.0 Å². The molecule has 0 spiro atoms. The average Bonchev–Trinajstić information content (AvgIpc) is 3.20. The number of nitrogens with two attached hydrogens (primary N) is 1. The Morgan fingerprint density at radius 3 is 2.71 bits per heavy atom. The summed E-state index contributed by atoms with van der Waals surface area (Å²) >= 11 is 0. The van der Waals surface area contributed by atoms with Crippen molar-refractivity contribution >= 4 is 28.6 Å². The van der Waals surface area contributed by atoms with Gasteiger partial charge in [0.1, 0.15) is 11.4 Å². The smallest absolute Gasteiger partial charge is 0.232 e. The van der Waals surface area contributed by atoms with Crippen LogP contribution in [-0.2, 0) is 7.05 Å². The van der Waals surface area contributed by atoms with Crippen molar-refractivity contribution in [2.75, 3.05) is 5.73 Å². The molecular formula is C23H17N3O2. The van der Waals surface area contributed by atoms with Crippen molar-refractivity contribution in [2.24, 2.45) is 7.05 Å². The predicted octanol–water partition coefficient (Wildman–Crippen LogP) is 4.44. The molecule has 2 aromatic heterocycles. The van der Waals surface area contributed by atoms with Crippen LogP contribution in [0.4, 0.5) is 5.69 Å². The lowest BCUT2D eigenvalue weighted by atomic mass is 10.0. The molecule has 0 saturated heterocycles. The summed E-state index contributed by atoms with van der Waals surface area (Å²) in [6.07, 6.45) is 5.55. The third-order valence-electron chi connectivity index (χ3n) is 4.95. The van der Waals surface area contributed by atoms with Gasteiger partial charge in [0.25, 0.3) is 0 Å². The molecule has 0 amide bonds. The molecule has 3 heterocycles. The minimum atomic E-state index is -0.163. The second kappa shape index (κ2) is 6.09. The molecule has 0 aliphatic carbocycles. The van der Waals surface area contributed by atoms with Crippen LogP contribution in [0.1, 0.15) is 15.9 Å². The zero-order chi connectivity index (χ0) is 19.3. The van der Waals surface area contributed by atoms with E-state index < -0.39 is 0 Å². The largest absolute Gasteiger partial charge is 0.452 e. The highest BCUT2D eigenvalue weighted by Crippen LogP contribution is 2.36. The van der Waals surface area contributed by atoms with Crippen LogP contribution in [0, 0.1) is 0 Å². The number of ketones is 1. The molecule has 2 N–H and O–H groups in total. The first-order valence-electron chi connectivity index (χ1n) is 8.95. The first kappa shape index (κ1) is 16.3. The number of benzene rings is 2. The summed E-state index contributed by atoms with van der Waals surface area (Å²) in [6.45, 7) is 0. The fourth-order valence-corrected chi connectivity index (χ4v) is 3.65. The van der Waals surface area contributed by atoms with Crippen LogP contribution < -0.4 is 10.5 Å². The predicted molar refractivity (Wildman–Crippen MR) is 110 cm³/mol. The number of hydrogen-bond donors (Lipinski definition) is 1. The number of aryl methyl sites for hydroxylation is 1. The number of anilines is 1. The van der Waals surface area contributed by atoms with E-state index in [-0.39, 0.29) is 11.5 Å². The number of nitrogens with zero attached hydrogens (tertiary/aromatic N) is 2. The van der Waals surface area contributed by atoms with Gasteiger partial charge in [-0.1, -0.05) is 30.3 Å². The minimum absolute atomic E-state index is 0.163. The quantitative estimate of drug-likeness (QED) is 0.420. The second-order valence-electron chi connectivity index (χ2n) is 6.81. The van der Waals surface area contributed by atoms with E-state index in [1.807, 2.05) is 42.1 Å². The van der Waals surface area contributed by atoms with E-state index in [1.165, 1.54) is 0 Å². The van der Waals surface area contributed by atoms with Crippen molar-refractivity contribution in [3.8, 4) is 16.9 Å². The van der Waals surface area contributed by atoms with Gasteiger partial charge in [-0.25, -0.2) is 4.98 Å². The molecule has 0 unspecified atom stereocenters. The van der Waals surface area contributed by atoms with Crippen LogP contribution in [0.3, 0.4) is 0 Å². The van der Waals surface area contributed by atoms with E-state index >= 15 is 0 Å². The molecule has 0 fully saturated rings. The summed E-state index contributed by atoms with van der Waals surface area (Å²) in [5.74, 6) is 0.660. The summed E-state index contributed by atoms with van der Waals surface area (Å²) < 4.78 is 7.77. The van der Waals surface area contributed by atoms with Gasteiger partial charge in [-0.15, -0.1) is 0 Å². The second-order valence-corrected chi connectivity index (χ2v) is 6.81. The normalized spacial score (nSPS) is 14.5. The first-order chi connectivity index (χ1) is 13.6. The first-order valence-corrected chi connectivity index (χ1v) is 8.95. The fraction of sp³-hybridized carbons (Fsp3) is 0.0435. The van der Waals surface area contributed by atoms with Crippen LogP contribution >= 0.6 is 0 Å². The van der Waals surface area contributed by atoms with E-state index in [1.54, 1.807) is 30.5 Å². The lowest BCUT2D eigenvalue weighted by Crippen LogP contribution is -1.98. The van der Waals surface area contributed by atoms with Gasteiger partial charge in [0.15, 0.2) is 5.76 Å². The Morgan fingerprint density at radius 1 is 1.07 bits per heavy atom. The van der Waals surface area contributed by atoms with Crippen molar-refractivity contribution in [1.29, 1.82) is 0 Å². The molecule has 28 heavy (non-hydrogen) atoms. The number of hydrogen-bond acceptors (Lipinski definition) is 4. The highest BCUT2D eigenvalue weighted by molar-refractivity contribution is 6.16. The van der Waals surface area contributed by atoms with Gasteiger partial charge < -0.3 is 15.0 Å². The number of carbonyl (C=O) groups is 1. The molecule has 0 saturated carbocycles. The number of ether oxygens (including phenoxy) is 1. The standard InChI is InChI=1S/C23H17N3O2/c1-26-13-15(11-20-22(27)18-12-16(24)7-8-19(18)28-20)21-17(9-10-25-23(21)26)14-5-3-2-4-6-14/h2-13H,24H2,1H3. The van der Waals surface area contributed by atoms with Crippen LogP contribution in [0.5, 0.6) is 5.75 Å². The molecule has 5 nitrogen and oxygen atoms in total. The summed E-state index contributed by atoms with van der Waals surface area (Å²) in [6, 6.07) is 17.2. The van der Waals surface area contributed by atoms with Crippen molar-refractivity contribution in [2.45, 2.75) is 0 Å². The molecule has 1 aliphatic heterocycles. The Morgan fingerprint density at radius 2 is 1.89 bits per heavy atom. The molecular weight excluding hydrogens is 350 g/mol. The number of Topliss-reactive ketones (excluding diaryl/α,β-unsaturated/α-hetero) is 1. The van der Waals surface area contributed by atoms with Gasteiger partial charge in [-0.3, -0.25) is 4.79 Å². The number of carbonyl (C=O) groups excluding carboxylic acids is 1. The van der Waals surface area contributed by atoms with Gasteiger partial charge in [0, 0.05) is 36.1 Å². The Balaban J connectivity index is 1.69. The van der Waals surface area contributed by atoms with Crippen LogP contribution in [-0.4, -0.2) is 15.3 Å². The van der Waals surface area contributed by atoms with E-state index in [4.69, 9.17) is 10.5 Å². The lowest BCUT2D eigenvalue weighted by Gasteiger charge is -2.05. The Bertz CT molecular complexity index is 1270. The Kier molecular flexibility index (Phi) is 3.55. The van der Waals surface area contributed by atoms with Crippen molar-refractivity contribution in [3.63, 3.8) is 0 Å². The highest BCUT2D eigenvalue weighted by atomic mass is 16.5. The number of pyridine rings is 1. The number of allylic oxidation sites excluding steroid dienone is 1. The minimum Gasteiger partial charge on any atom is -0.452 e. The molecule has 1 aliphatic rings. The SMILES string of the molecule is Cn1cc(C=C2Oc3ccc(N)cc3C2=O)c2c(-c3ccccc3)ccnc21. The van der Waals surface area contributed by atoms with Crippen LogP contribution in [0.15, 0.2) is 72.8 Å². The van der Waals surface area contributed by atoms with E-state index in [2.05, 4.69) is 17.1 Å². The Labute approximate surface area is 161 Å². The monoisotopic (exact) mass is 367 g/mol. The van der Waals surface area contributed by atoms with Gasteiger partial charge in [-0.05, 0) is 41.5 Å². The van der Waals surface area contributed by atoms with Crippen LogP contribution in [0.25, 0.3) is 28.2 Å². The maximum Gasteiger partial charge on any atom is 0.232 e. The number of rotatable bonds is 2. The third-order valence-corrected chi connectivity index (χ3v) is 4.95. The molecule has 4 aromatic rings. The molecule has 5 rings (SSSR count). The average molecular weight is 367 g/mol. The van der Waals surface area contributed by atoms with Gasteiger partial charge in [0.05, 0.1) is 5.56 Å². The van der Waals surface area contributed by atoms with Crippen molar-refractivity contribution in [1.82, 2.24) is 9.55 Å². The Hall–Kier alpha value is -3.86.